The Labute approximate surface area is 118 Å². The van der Waals surface area contributed by atoms with Crippen molar-refractivity contribution in [3.05, 3.63) is 0 Å². The minimum Gasteiger partial charge on any atom is -0.397 e. The van der Waals surface area contributed by atoms with Crippen LogP contribution in [0.5, 0.6) is 0 Å². The number of ketones is 1. The van der Waals surface area contributed by atoms with Crippen molar-refractivity contribution in [2.75, 3.05) is 6.61 Å². The van der Waals surface area contributed by atoms with Crippen LogP contribution in [0, 0.1) is 0 Å². The summed E-state index contributed by atoms with van der Waals surface area (Å²) < 4.78 is 0. The van der Waals surface area contributed by atoms with Gasteiger partial charge >= 0.3 is 0 Å². The molecule has 0 saturated carbocycles. The Morgan fingerprint density at radius 2 is 1.18 bits per heavy atom. The van der Waals surface area contributed by atoms with Crippen molar-refractivity contribution in [3.63, 3.8) is 0 Å². The Hall–Kier alpha value is 0.210. The first kappa shape index (κ1) is 25.9. The Balaban J connectivity index is -0.0000000688. The summed E-state index contributed by atoms with van der Waals surface area (Å²) >= 11 is 10.1. The first-order chi connectivity index (χ1) is 7.79. The van der Waals surface area contributed by atoms with E-state index in [9.17, 15) is 4.79 Å². The third-order valence-corrected chi connectivity index (χ3v) is 0.957. The lowest BCUT2D eigenvalue weighted by Crippen LogP contribution is -1.69. The summed E-state index contributed by atoms with van der Waals surface area (Å²) in [6, 6.07) is 0. The summed E-state index contributed by atoms with van der Waals surface area (Å²) in [6.45, 7) is 11.1. The number of halogens is 2. The summed E-state index contributed by atoms with van der Waals surface area (Å²) in [5.41, 5.74) is 0. The van der Waals surface area contributed by atoms with Crippen LogP contribution in [0.15, 0.2) is 0 Å². The van der Waals surface area contributed by atoms with Gasteiger partial charge in [-0.15, -0.1) is 23.2 Å². The Bertz CT molecular complexity index is 107. The number of aliphatic hydroxyl groups excluding tert-OH is 1. The van der Waals surface area contributed by atoms with Crippen molar-refractivity contribution in [2.45, 2.75) is 72.1 Å². The molecule has 0 heterocycles. The minimum atomic E-state index is -0.222. The van der Waals surface area contributed by atoms with E-state index < -0.39 is 0 Å². The highest BCUT2D eigenvalue weighted by Crippen LogP contribution is 1.95. The van der Waals surface area contributed by atoms with Crippen LogP contribution in [-0.2, 0) is 4.79 Å². The zero-order valence-corrected chi connectivity index (χ0v) is 13.7. The van der Waals surface area contributed by atoms with Gasteiger partial charge < -0.3 is 9.90 Å². The fourth-order valence-corrected chi connectivity index (χ4v) is 0.500. The predicted octanol–water partition coefficient (Wildman–Crippen LogP) is 4.99. The number of hydrogen-bond donors (Lipinski definition) is 1. The van der Waals surface area contributed by atoms with Crippen LogP contribution in [0.3, 0.4) is 0 Å². The number of rotatable bonds is 3. The van der Waals surface area contributed by atoms with Crippen LogP contribution < -0.4 is 0 Å². The topological polar surface area (TPSA) is 37.3 Å². The van der Waals surface area contributed by atoms with Crippen molar-refractivity contribution in [1.29, 1.82) is 0 Å². The van der Waals surface area contributed by atoms with Crippen molar-refractivity contribution in [1.82, 2.24) is 0 Å². The molecule has 0 atom stereocenters. The van der Waals surface area contributed by atoms with Gasteiger partial charge in [0.05, 0.1) is 0 Å². The fraction of sp³-hybridized carbons (Fsp3) is 0.923. The molecule has 0 fully saturated rings. The van der Waals surface area contributed by atoms with E-state index in [4.69, 9.17) is 28.3 Å². The second kappa shape index (κ2) is 29.8. The fourth-order valence-electron chi connectivity index (χ4n) is 0.500. The number of hydrogen-bond acceptors (Lipinski definition) is 2. The lowest BCUT2D eigenvalue weighted by atomic mass is 10.2. The Morgan fingerprint density at radius 3 is 1.24 bits per heavy atom. The van der Waals surface area contributed by atoms with Gasteiger partial charge in [0.2, 0.25) is 0 Å². The van der Waals surface area contributed by atoms with E-state index in [1.807, 2.05) is 0 Å². The number of unbranched alkanes of at least 4 members (excludes halogenated alkanes) is 3. The van der Waals surface area contributed by atoms with E-state index in [1.165, 1.54) is 39.5 Å². The smallest absolute Gasteiger partial charge is 0.126 e. The SMILES string of the molecule is CC(C)=O.CC(Cl)Cl.CCCCCC.CCO. The van der Waals surface area contributed by atoms with E-state index >= 15 is 0 Å². The maximum Gasteiger partial charge on any atom is 0.126 e. The molecule has 0 spiro atoms. The van der Waals surface area contributed by atoms with Gasteiger partial charge in [-0.25, -0.2) is 0 Å². The maximum atomic E-state index is 9.44. The van der Waals surface area contributed by atoms with Gasteiger partial charge in [-0.2, -0.15) is 0 Å². The van der Waals surface area contributed by atoms with Crippen LogP contribution in [0.2, 0.25) is 0 Å². The molecule has 0 saturated heterocycles. The Morgan fingerprint density at radius 1 is 1.06 bits per heavy atom. The van der Waals surface area contributed by atoms with Gasteiger partial charge in [0, 0.05) is 6.61 Å². The molecule has 0 aliphatic heterocycles. The molecule has 0 aromatic rings. The Kier molecular flexibility index (Phi) is 45.5. The zero-order chi connectivity index (χ0) is 14.7. The lowest BCUT2D eigenvalue weighted by Gasteiger charge is -1.86. The predicted molar refractivity (Wildman–Crippen MR) is 80.1 cm³/mol. The van der Waals surface area contributed by atoms with Crippen molar-refractivity contribution in [3.8, 4) is 0 Å². The molecule has 0 aliphatic rings. The average Bonchev–Trinajstić information content (AvgIpc) is 2.14. The molecule has 0 aliphatic carbocycles. The lowest BCUT2D eigenvalue weighted by molar-refractivity contribution is -0.114. The van der Waals surface area contributed by atoms with Gasteiger partial charge in [0.15, 0.2) is 0 Å². The van der Waals surface area contributed by atoms with Crippen LogP contribution in [0.4, 0.5) is 0 Å². The minimum absolute atomic E-state index is 0.167. The molecule has 0 bridgehead atoms. The first-order valence-electron chi connectivity index (χ1n) is 6.16. The van der Waals surface area contributed by atoms with Crippen molar-refractivity contribution >= 4 is 29.0 Å². The largest absolute Gasteiger partial charge is 0.397 e. The molecular weight excluding hydrogens is 259 g/mol. The molecule has 0 unspecified atom stereocenters. The van der Waals surface area contributed by atoms with Crippen molar-refractivity contribution in [2.24, 2.45) is 0 Å². The number of carbonyl (C=O) groups is 1. The second-order valence-electron chi connectivity index (χ2n) is 3.45. The molecule has 17 heavy (non-hydrogen) atoms. The van der Waals surface area contributed by atoms with Crippen LogP contribution >= 0.6 is 23.2 Å². The molecule has 4 heteroatoms. The summed E-state index contributed by atoms with van der Waals surface area (Å²) in [6.07, 6.45) is 5.54. The van der Waals surface area contributed by atoms with E-state index in [0.717, 1.165) is 0 Å². The molecule has 1 N–H and O–H groups in total. The van der Waals surface area contributed by atoms with E-state index in [1.54, 1.807) is 13.8 Å². The zero-order valence-electron chi connectivity index (χ0n) is 12.2. The molecule has 108 valence electrons. The average molecular weight is 289 g/mol. The third kappa shape index (κ3) is 318. The van der Waals surface area contributed by atoms with Gasteiger partial charge in [0.1, 0.15) is 10.6 Å². The maximum absolute atomic E-state index is 9.44. The molecule has 2 nitrogen and oxygen atoms in total. The number of alkyl halides is 2. The normalized spacial score (nSPS) is 7.88. The first-order valence-corrected chi connectivity index (χ1v) is 7.03. The number of Topliss-reactive ketones (excluding diaryl/α,β-unsaturated/α-hetero) is 1. The highest BCUT2D eigenvalue weighted by atomic mass is 35.5. The van der Waals surface area contributed by atoms with E-state index in [2.05, 4.69) is 13.8 Å². The second-order valence-corrected chi connectivity index (χ2v) is 4.98. The number of aliphatic hydroxyl groups is 1. The van der Waals surface area contributed by atoms with Gasteiger partial charge in [-0.05, 0) is 27.7 Å². The van der Waals surface area contributed by atoms with E-state index in [0.29, 0.717) is 0 Å². The van der Waals surface area contributed by atoms with Crippen molar-refractivity contribution < 1.29 is 9.90 Å². The molecular formula is C13H30Cl2O2. The standard InChI is InChI=1S/C6H14.C3H6O.C2H4Cl2.C2H6O/c1-3-5-6-4-2;1-3(2)4;1-2(3)4;1-2-3/h3-6H2,1-2H3;1-2H3;2H,1H3;3H,2H2,1H3. The monoisotopic (exact) mass is 288 g/mol. The molecule has 0 aromatic heterocycles. The van der Waals surface area contributed by atoms with Crippen LogP contribution in [0.1, 0.15) is 67.2 Å². The molecule has 0 rings (SSSR count). The number of carbonyl (C=O) groups excluding carboxylic acids is 1. The van der Waals surface area contributed by atoms with Crippen LogP contribution in [-0.4, -0.2) is 22.3 Å². The highest BCUT2D eigenvalue weighted by Gasteiger charge is 1.75. The summed E-state index contributed by atoms with van der Waals surface area (Å²) in [4.78, 5) is 9.22. The quantitative estimate of drug-likeness (QED) is 0.587. The third-order valence-electron chi connectivity index (χ3n) is 0.957. The molecule has 0 aromatic carbocycles. The van der Waals surface area contributed by atoms with Gasteiger partial charge in [-0.3, -0.25) is 0 Å². The molecule has 0 radical (unpaired) electrons. The van der Waals surface area contributed by atoms with Gasteiger partial charge in [-0.1, -0.05) is 39.5 Å². The van der Waals surface area contributed by atoms with Gasteiger partial charge in [0.25, 0.3) is 0 Å². The summed E-state index contributed by atoms with van der Waals surface area (Å²) in [5.74, 6) is 0.167. The summed E-state index contributed by atoms with van der Waals surface area (Å²) in [5, 5.41) is 7.57. The van der Waals surface area contributed by atoms with E-state index in [-0.39, 0.29) is 17.2 Å². The molecule has 0 amide bonds. The highest BCUT2D eigenvalue weighted by molar-refractivity contribution is 6.43. The van der Waals surface area contributed by atoms with Crippen LogP contribution in [0.25, 0.3) is 0 Å². The summed E-state index contributed by atoms with van der Waals surface area (Å²) in [7, 11) is 0.